The van der Waals surface area contributed by atoms with Gasteiger partial charge >= 0.3 is 0 Å². The van der Waals surface area contributed by atoms with E-state index in [9.17, 15) is 0 Å². The van der Waals surface area contributed by atoms with Gasteiger partial charge in [-0.2, -0.15) is 0 Å². The van der Waals surface area contributed by atoms with E-state index in [-0.39, 0.29) is 0 Å². The number of allylic oxidation sites excluding steroid dienone is 2. The molecule has 0 aliphatic heterocycles. The van der Waals surface area contributed by atoms with Gasteiger partial charge in [0.05, 0.1) is 7.11 Å². The standard InChI is InChI=1S/C6H9BrO/c1-5(7)4-6(2)8-3/h4H,2H2,1,3H3/b5-4+. The molecule has 0 amide bonds. The molecule has 8 heavy (non-hydrogen) atoms. The second kappa shape index (κ2) is 3.72. The molecule has 0 saturated heterocycles. The Morgan fingerprint density at radius 2 is 2.25 bits per heavy atom. The summed E-state index contributed by atoms with van der Waals surface area (Å²) < 4.78 is 5.78. The number of ether oxygens (including phenoxy) is 1. The molecule has 0 spiro atoms. The molecule has 1 nitrogen and oxygen atoms in total. The molecule has 0 fully saturated rings. The average Bonchev–Trinajstić information content (AvgIpc) is 1.65. The molecule has 0 N–H and O–H groups in total. The Balaban J connectivity index is 3.70. The molecular weight excluding hydrogens is 168 g/mol. The number of halogens is 1. The van der Waals surface area contributed by atoms with E-state index in [2.05, 4.69) is 22.5 Å². The third kappa shape index (κ3) is 3.93. The van der Waals surface area contributed by atoms with Crippen molar-refractivity contribution in [3.05, 3.63) is 22.9 Å². The number of methoxy groups -OCH3 is 1. The van der Waals surface area contributed by atoms with Crippen LogP contribution in [-0.4, -0.2) is 7.11 Å². The molecule has 0 radical (unpaired) electrons. The van der Waals surface area contributed by atoms with Crippen molar-refractivity contribution in [2.24, 2.45) is 0 Å². The third-order valence-corrected chi connectivity index (χ3v) is 0.851. The van der Waals surface area contributed by atoms with Crippen LogP contribution >= 0.6 is 15.9 Å². The molecule has 0 aromatic carbocycles. The van der Waals surface area contributed by atoms with Gasteiger partial charge in [-0.25, -0.2) is 0 Å². The molecule has 0 aromatic rings. The fourth-order valence-electron chi connectivity index (χ4n) is 0.281. The van der Waals surface area contributed by atoms with Crippen molar-refractivity contribution in [2.45, 2.75) is 6.92 Å². The first kappa shape index (κ1) is 7.76. The fourth-order valence-corrected chi connectivity index (χ4v) is 0.536. The van der Waals surface area contributed by atoms with E-state index < -0.39 is 0 Å². The van der Waals surface area contributed by atoms with Crippen LogP contribution in [-0.2, 0) is 4.74 Å². The van der Waals surface area contributed by atoms with Crippen LogP contribution in [0, 0.1) is 0 Å². The van der Waals surface area contributed by atoms with E-state index in [1.807, 2.05) is 6.92 Å². The Hall–Kier alpha value is -0.240. The SMILES string of the molecule is C=C(/C=C(\C)Br)OC. The van der Waals surface area contributed by atoms with E-state index >= 15 is 0 Å². The predicted octanol–water partition coefficient (Wildman–Crippen LogP) is 2.45. The van der Waals surface area contributed by atoms with E-state index in [1.165, 1.54) is 0 Å². The van der Waals surface area contributed by atoms with Crippen LogP contribution in [0.3, 0.4) is 0 Å². The number of hydrogen-bond donors (Lipinski definition) is 0. The summed E-state index contributed by atoms with van der Waals surface area (Å²) in [7, 11) is 1.59. The molecule has 0 rings (SSSR count). The summed E-state index contributed by atoms with van der Waals surface area (Å²) in [6.45, 7) is 5.51. The third-order valence-electron chi connectivity index (χ3n) is 0.622. The zero-order valence-electron chi connectivity index (χ0n) is 5.07. The van der Waals surface area contributed by atoms with Gasteiger partial charge < -0.3 is 4.74 Å². The first-order chi connectivity index (χ1) is 3.66. The summed E-state index contributed by atoms with van der Waals surface area (Å²) in [5.74, 6) is 0.666. The second-order valence-electron chi connectivity index (χ2n) is 1.40. The summed E-state index contributed by atoms with van der Waals surface area (Å²) in [6, 6.07) is 0. The quantitative estimate of drug-likeness (QED) is 0.465. The van der Waals surface area contributed by atoms with E-state index in [1.54, 1.807) is 13.2 Å². The van der Waals surface area contributed by atoms with Gasteiger partial charge in [0.2, 0.25) is 0 Å². The highest BCUT2D eigenvalue weighted by molar-refractivity contribution is 9.11. The van der Waals surface area contributed by atoms with Gasteiger partial charge in [0.25, 0.3) is 0 Å². The van der Waals surface area contributed by atoms with Crippen LogP contribution in [0.1, 0.15) is 6.92 Å². The molecule has 2 heteroatoms. The topological polar surface area (TPSA) is 9.23 Å². The van der Waals surface area contributed by atoms with Crippen LogP contribution in [0.2, 0.25) is 0 Å². The Labute approximate surface area is 58.2 Å². The monoisotopic (exact) mass is 176 g/mol. The molecule has 0 atom stereocenters. The number of rotatable bonds is 2. The van der Waals surface area contributed by atoms with Gasteiger partial charge in [-0.1, -0.05) is 22.5 Å². The van der Waals surface area contributed by atoms with Crippen LogP contribution in [0.4, 0.5) is 0 Å². The lowest BCUT2D eigenvalue weighted by Crippen LogP contribution is -1.76. The van der Waals surface area contributed by atoms with Crippen LogP contribution in [0.25, 0.3) is 0 Å². The largest absolute Gasteiger partial charge is 0.497 e. The summed E-state index contributed by atoms with van der Waals surface area (Å²) in [5.41, 5.74) is 0. The zero-order valence-corrected chi connectivity index (χ0v) is 6.66. The first-order valence-electron chi connectivity index (χ1n) is 2.23. The van der Waals surface area contributed by atoms with Gasteiger partial charge in [0, 0.05) is 0 Å². The van der Waals surface area contributed by atoms with Gasteiger partial charge in [-0.15, -0.1) is 0 Å². The molecule has 0 aromatic heterocycles. The van der Waals surface area contributed by atoms with Crippen molar-refractivity contribution in [2.75, 3.05) is 7.11 Å². The zero-order chi connectivity index (χ0) is 6.57. The van der Waals surface area contributed by atoms with E-state index in [0.717, 1.165) is 4.48 Å². The Morgan fingerprint density at radius 1 is 1.75 bits per heavy atom. The van der Waals surface area contributed by atoms with Crippen LogP contribution < -0.4 is 0 Å². The maximum Gasteiger partial charge on any atom is 0.112 e. The van der Waals surface area contributed by atoms with Crippen molar-refractivity contribution >= 4 is 15.9 Å². The molecule has 0 bridgehead atoms. The maximum atomic E-state index is 4.76. The summed E-state index contributed by atoms with van der Waals surface area (Å²) in [6.07, 6.45) is 1.81. The Kier molecular flexibility index (Phi) is 3.61. The summed E-state index contributed by atoms with van der Waals surface area (Å²) in [5, 5.41) is 0. The second-order valence-corrected chi connectivity index (χ2v) is 2.65. The molecule has 0 saturated carbocycles. The molecule has 0 aliphatic carbocycles. The highest BCUT2D eigenvalue weighted by Crippen LogP contribution is 2.05. The van der Waals surface area contributed by atoms with Gasteiger partial charge in [0.15, 0.2) is 0 Å². The van der Waals surface area contributed by atoms with Gasteiger partial charge in [0.1, 0.15) is 5.76 Å². The molecule has 46 valence electrons. The van der Waals surface area contributed by atoms with E-state index in [4.69, 9.17) is 4.74 Å². The Morgan fingerprint density at radius 3 is 2.38 bits per heavy atom. The first-order valence-corrected chi connectivity index (χ1v) is 3.03. The summed E-state index contributed by atoms with van der Waals surface area (Å²) >= 11 is 3.24. The maximum absolute atomic E-state index is 4.76. The minimum Gasteiger partial charge on any atom is -0.497 e. The lowest BCUT2D eigenvalue weighted by atomic mass is 10.5. The fraction of sp³-hybridized carbons (Fsp3) is 0.333. The van der Waals surface area contributed by atoms with Crippen LogP contribution in [0.5, 0.6) is 0 Å². The summed E-state index contributed by atoms with van der Waals surface area (Å²) in [4.78, 5) is 0. The minimum atomic E-state index is 0.666. The highest BCUT2D eigenvalue weighted by Gasteiger charge is 1.82. The van der Waals surface area contributed by atoms with Crippen LogP contribution in [0.15, 0.2) is 22.9 Å². The average molecular weight is 177 g/mol. The van der Waals surface area contributed by atoms with Crippen molar-refractivity contribution in [1.29, 1.82) is 0 Å². The Bertz CT molecular complexity index is 112. The minimum absolute atomic E-state index is 0.666. The van der Waals surface area contributed by atoms with E-state index in [0.29, 0.717) is 5.76 Å². The van der Waals surface area contributed by atoms with Gasteiger partial charge in [-0.05, 0) is 17.5 Å². The lowest BCUT2D eigenvalue weighted by molar-refractivity contribution is 0.308. The normalized spacial score (nSPS) is 11.1. The van der Waals surface area contributed by atoms with Crippen molar-refractivity contribution in [3.63, 3.8) is 0 Å². The van der Waals surface area contributed by atoms with Crippen molar-refractivity contribution in [3.8, 4) is 0 Å². The molecular formula is C6H9BrO. The molecule has 0 aliphatic rings. The van der Waals surface area contributed by atoms with Gasteiger partial charge in [-0.3, -0.25) is 0 Å². The number of hydrogen-bond acceptors (Lipinski definition) is 1. The molecule has 0 heterocycles. The molecule has 0 unspecified atom stereocenters. The van der Waals surface area contributed by atoms with Crippen molar-refractivity contribution in [1.82, 2.24) is 0 Å². The predicted molar refractivity (Wildman–Crippen MR) is 38.8 cm³/mol. The lowest BCUT2D eigenvalue weighted by Gasteiger charge is -1.94. The van der Waals surface area contributed by atoms with Crippen molar-refractivity contribution < 1.29 is 4.74 Å². The smallest absolute Gasteiger partial charge is 0.112 e. The highest BCUT2D eigenvalue weighted by atomic mass is 79.9.